The van der Waals surface area contributed by atoms with Crippen molar-refractivity contribution in [1.29, 1.82) is 0 Å². The minimum Gasteiger partial charge on any atom is -0.478 e. The topological polar surface area (TPSA) is 118 Å². The maximum Gasteiger partial charge on any atom is 0.335 e. The van der Waals surface area contributed by atoms with Crippen molar-refractivity contribution in [2.45, 2.75) is 17.7 Å². The molecule has 1 heterocycles. The van der Waals surface area contributed by atoms with Crippen LogP contribution in [0.2, 0.25) is 0 Å². The highest BCUT2D eigenvalue weighted by molar-refractivity contribution is 7.89. The molecule has 7 nitrogen and oxygen atoms in total. The van der Waals surface area contributed by atoms with Crippen LogP contribution in [0.5, 0.6) is 0 Å². The molecule has 1 unspecified atom stereocenters. The first kappa shape index (κ1) is 15.5. The quantitative estimate of drug-likeness (QED) is 0.827. The number of rotatable bonds is 4. The molecule has 3 N–H and O–H groups in total. The first-order chi connectivity index (χ1) is 9.82. The number of carboxylic acid groups (broad SMARTS) is 1. The number of piperidine rings is 1. The molecule has 1 aromatic rings. The van der Waals surface area contributed by atoms with Gasteiger partial charge in [0.05, 0.1) is 16.4 Å². The second-order valence-electron chi connectivity index (χ2n) is 4.93. The highest BCUT2D eigenvalue weighted by Crippen LogP contribution is 2.23. The van der Waals surface area contributed by atoms with Gasteiger partial charge in [0.25, 0.3) is 0 Å². The molecule has 0 saturated carbocycles. The van der Waals surface area contributed by atoms with Crippen LogP contribution in [0.15, 0.2) is 29.2 Å². The van der Waals surface area contributed by atoms with Crippen LogP contribution < -0.4 is 5.73 Å². The van der Waals surface area contributed by atoms with E-state index in [2.05, 4.69) is 0 Å². The Hall–Kier alpha value is -1.93. The summed E-state index contributed by atoms with van der Waals surface area (Å²) in [5.74, 6) is -2.10. The Morgan fingerprint density at radius 2 is 1.86 bits per heavy atom. The molecule has 1 fully saturated rings. The van der Waals surface area contributed by atoms with E-state index in [9.17, 15) is 18.0 Å². The number of primary amides is 1. The van der Waals surface area contributed by atoms with E-state index >= 15 is 0 Å². The summed E-state index contributed by atoms with van der Waals surface area (Å²) in [6.45, 7) is 0.394. The third-order valence-corrected chi connectivity index (χ3v) is 5.40. The lowest BCUT2D eigenvalue weighted by molar-refractivity contribution is -0.122. The summed E-state index contributed by atoms with van der Waals surface area (Å²) in [7, 11) is -3.74. The lowest BCUT2D eigenvalue weighted by Gasteiger charge is -2.30. The highest BCUT2D eigenvalue weighted by Gasteiger charge is 2.32. The Bertz CT molecular complexity index is 654. The van der Waals surface area contributed by atoms with Crippen molar-refractivity contribution in [1.82, 2.24) is 4.31 Å². The van der Waals surface area contributed by atoms with Crippen molar-refractivity contribution in [2.75, 3.05) is 13.1 Å². The maximum absolute atomic E-state index is 12.5. The van der Waals surface area contributed by atoms with E-state index in [4.69, 9.17) is 10.8 Å². The van der Waals surface area contributed by atoms with Crippen LogP contribution in [0.1, 0.15) is 23.2 Å². The van der Waals surface area contributed by atoms with E-state index < -0.39 is 27.8 Å². The standard InChI is InChI=1S/C13H16N2O5S/c14-12(16)10-2-1-7-15(8-10)21(19,20)11-5-3-9(4-6-11)13(17)18/h3-6,10H,1-2,7-8H2,(H2,14,16)(H,17,18). The third-order valence-electron chi connectivity index (χ3n) is 3.53. The number of sulfonamides is 1. The van der Waals surface area contributed by atoms with Gasteiger partial charge in [0, 0.05) is 13.1 Å². The van der Waals surface area contributed by atoms with Gasteiger partial charge in [0.15, 0.2) is 0 Å². The molecule has 0 bridgehead atoms. The van der Waals surface area contributed by atoms with Crippen LogP contribution in [0.4, 0.5) is 0 Å². The van der Waals surface area contributed by atoms with Crippen molar-refractivity contribution in [2.24, 2.45) is 11.7 Å². The van der Waals surface area contributed by atoms with E-state index in [-0.39, 0.29) is 17.0 Å². The number of nitrogens with zero attached hydrogens (tertiary/aromatic N) is 1. The van der Waals surface area contributed by atoms with Gasteiger partial charge in [-0.2, -0.15) is 4.31 Å². The molecular weight excluding hydrogens is 296 g/mol. The Labute approximate surface area is 122 Å². The van der Waals surface area contributed by atoms with Crippen LogP contribution in [-0.2, 0) is 14.8 Å². The maximum atomic E-state index is 12.5. The predicted octanol–water partition coefficient (Wildman–Crippen LogP) is 0.271. The molecule has 2 rings (SSSR count). The Morgan fingerprint density at radius 3 is 2.38 bits per heavy atom. The first-order valence-corrected chi connectivity index (χ1v) is 7.89. The number of carbonyl (C=O) groups is 2. The molecule has 1 aliphatic rings. The summed E-state index contributed by atoms with van der Waals surface area (Å²) in [6, 6.07) is 4.99. The van der Waals surface area contributed by atoms with Crippen molar-refractivity contribution in [3.8, 4) is 0 Å². The van der Waals surface area contributed by atoms with Crippen LogP contribution in [-0.4, -0.2) is 42.8 Å². The second kappa shape index (κ2) is 5.82. The molecule has 114 valence electrons. The fourth-order valence-corrected chi connectivity index (χ4v) is 3.84. The molecule has 1 saturated heterocycles. The molecular formula is C13H16N2O5S. The number of hydrogen-bond acceptors (Lipinski definition) is 4. The van der Waals surface area contributed by atoms with Gasteiger partial charge >= 0.3 is 5.97 Å². The minimum atomic E-state index is -3.74. The smallest absolute Gasteiger partial charge is 0.335 e. The summed E-state index contributed by atoms with van der Waals surface area (Å²) in [6.07, 6.45) is 1.15. The van der Waals surface area contributed by atoms with Crippen molar-refractivity contribution < 1.29 is 23.1 Å². The molecule has 1 aliphatic heterocycles. The summed E-state index contributed by atoms with van der Waals surface area (Å²) in [4.78, 5) is 22.0. The van der Waals surface area contributed by atoms with Gasteiger partial charge in [-0.25, -0.2) is 13.2 Å². The fraction of sp³-hybridized carbons (Fsp3) is 0.385. The lowest BCUT2D eigenvalue weighted by atomic mass is 9.99. The van der Waals surface area contributed by atoms with Crippen LogP contribution in [0.3, 0.4) is 0 Å². The van der Waals surface area contributed by atoms with Gasteiger partial charge in [0.1, 0.15) is 0 Å². The van der Waals surface area contributed by atoms with Gasteiger partial charge in [-0.3, -0.25) is 4.79 Å². The molecule has 0 aliphatic carbocycles. The Kier molecular flexibility index (Phi) is 4.29. The van der Waals surface area contributed by atoms with Gasteiger partial charge in [-0.1, -0.05) is 0 Å². The molecule has 1 atom stereocenters. The van der Waals surface area contributed by atoms with Gasteiger partial charge < -0.3 is 10.8 Å². The molecule has 1 aromatic carbocycles. The number of benzene rings is 1. The van der Waals surface area contributed by atoms with E-state index in [1.807, 2.05) is 0 Å². The Balaban J connectivity index is 2.24. The molecule has 0 spiro atoms. The number of hydrogen-bond donors (Lipinski definition) is 2. The largest absolute Gasteiger partial charge is 0.478 e. The molecule has 1 amide bonds. The molecule has 21 heavy (non-hydrogen) atoms. The summed E-state index contributed by atoms with van der Waals surface area (Å²) < 4.78 is 26.1. The average Bonchev–Trinajstić information content (AvgIpc) is 2.47. The molecule has 0 radical (unpaired) electrons. The number of amides is 1. The van der Waals surface area contributed by atoms with E-state index in [0.717, 1.165) is 0 Å². The zero-order valence-electron chi connectivity index (χ0n) is 11.2. The normalized spacial score (nSPS) is 20.1. The molecule has 0 aromatic heterocycles. The van der Waals surface area contributed by atoms with Crippen molar-refractivity contribution in [3.05, 3.63) is 29.8 Å². The van der Waals surface area contributed by atoms with Crippen LogP contribution >= 0.6 is 0 Å². The van der Waals surface area contributed by atoms with E-state index in [0.29, 0.717) is 19.4 Å². The minimum absolute atomic E-state index is 0.0117. The number of carbonyl (C=O) groups excluding carboxylic acids is 1. The number of carboxylic acids is 1. The van der Waals surface area contributed by atoms with Crippen LogP contribution in [0, 0.1) is 5.92 Å². The highest BCUT2D eigenvalue weighted by atomic mass is 32.2. The number of aromatic carboxylic acids is 1. The predicted molar refractivity (Wildman–Crippen MR) is 74.1 cm³/mol. The summed E-state index contributed by atoms with van der Waals surface area (Å²) in [5.41, 5.74) is 5.26. The Morgan fingerprint density at radius 1 is 1.24 bits per heavy atom. The fourth-order valence-electron chi connectivity index (χ4n) is 2.31. The van der Waals surface area contributed by atoms with Gasteiger partial charge in [-0.05, 0) is 37.1 Å². The van der Waals surface area contributed by atoms with E-state index in [1.165, 1.54) is 28.6 Å². The molecule has 8 heteroatoms. The van der Waals surface area contributed by atoms with Crippen molar-refractivity contribution in [3.63, 3.8) is 0 Å². The zero-order valence-corrected chi connectivity index (χ0v) is 12.0. The lowest BCUT2D eigenvalue weighted by Crippen LogP contribution is -2.44. The zero-order chi connectivity index (χ0) is 15.6. The first-order valence-electron chi connectivity index (χ1n) is 6.45. The average molecular weight is 312 g/mol. The number of nitrogens with two attached hydrogens (primary N) is 1. The van der Waals surface area contributed by atoms with Crippen molar-refractivity contribution >= 4 is 21.9 Å². The SMILES string of the molecule is NC(=O)C1CCCN(S(=O)(=O)c2ccc(C(=O)O)cc2)C1. The summed E-state index contributed by atoms with van der Waals surface area (Å²) >= 11 is 0. The second-order valence-corrected chi connectivity index (χ2v) is 6.87. The van der Waals surface area contributed by atoms with Gasteiger partial charge in [-0.15, -0.1) is 0 Å². The monoisotopic (exact) mass is 312 g/mol. The van der Waals surface area contributed by atoms with Gasteiger partial charge in [0.2, 0.25) is 15.9 Å². The van der Waals surface area contributed by atoms with Crippen LogP contribution in [0.25, 0.3) is 0 Å². The van der Waals surface area contributed by atoms with E-state index in [1.54, 1.807) is 0 Å². The third kappa shape index (κ3) is 3.22. The summed E-state index contributed by atoms with van der Waals surface area (Å²) in [5, 5.41) is 8.81.